The van der Waals surface area contributed by atoms with E-state index in [4.69, 9.17) is 0 Å². The number of nitrogens with one attached hydrogen (secondary N) is 1. The number of rotatable bonds is 2. The van der Waals surface area contributed by atoms with E-state index in [0.717, 1.165) is 0 Å². The molecule has 2 heterocycles. The summed E-state index contributed by atoms with van der Waals surface area (Å²) < 4.78 is 15.0. The Morgan fingerprint density at radius 1 is 1.31 bits per heavy atom. The standard InChI is InChI=1S/C18H20FN5O2/c1-9-14-16(24(5)10(2)17(25)21-14)22-15(20-9)11-7-6-8-12(13(11)19)18(26)23(3)4/h6-8,10H,1-5H3,(H,21,25)/t10-/m1/s1. The molecule has 1 aliphatic heterocycles. The summed E-state index contributed by atoms with van der Waals surface area (Å²) in [6, 6.07) is 4.16. The van der Waals surface area contributed by atoms with Crippen molar-refractivity contribution in [3.8, 4) is 11.4 Å². The molecule has 0 saturated carbocycles. The van der Waals surface area contributed by atoms with Gasteiger partial charge in [0.15, 0.2) is 11.6 Å². The van der Waals surface area contributed by atoms with Gasteiger partial charge < -0.3 is 15.1 Å². The van der Waals surface area contributed by atoms with Gasteiger partial charge in [-0.3, -0.25) is 9.59 Å². The summed E-state index contributed by atoms with van der Waals surface area (Å²) in [5.41, 5.74) is 1.14. The highest BCUT2D eigenvalue weighted by molar-refractivity contribution is 6.03. The molecule has 0 radical (unpaired) electrons. The van der Waals surface area contributed by atoms with E-state index in [0.29, 0.717) is 17.2 Å². The third kappa shape index (κ3) is 2.77. The van der Waals surface area contributed by atoms with Crippen LogP contribution in [0.3, 0.4) is 0 Å². The molecule has 1 aromatic heterocycles. The molecule has 7 nitrogen and oxygen atoms in total. The number of fused-ring (bicyclic) bond motifs is 1. The first-order valence-electron chi connectivity index (χ1n) is 8.15. The monoisotopic (exact) mass is 357 g/mol. The summed E-state index contributed by atoms with van der Waals surface area (Å²) in [4.78, 5) is 36.0. The predicted octanol–water partition coefficient (Wildman–Crippen LogP) is 2.07. The van der Waals surface area contributed by atoms with E-state index < -0.39 is 17.8 Å². The van der Waals surface area contributed by atoms with Crippen LogP contribution in [0.15, 0.2) is 18.2 Å². The molecule has 2 aromatic rings. The van der Waals surface area contributed by atoms with Crippen LogP contribution < -0.4 is 10.2 Å². The summed E-state index contributed by atoms with van der Waals surface area (Å²) in [5, 5.41) is 2.79. The highest BCUT2D eigenvalue weighted by Gasteiger charge is 2.31. The second-order valence-corrected chi connectivity index (χ2v) is 6.47. The average molecular weight is 357 g/mol. The second-order valence-electron chi connectivity index (χ2n) is 6.47. The summed E-state index contributed by atoms with van der Waals surface area (Å²) >= 11 is 0. The smallest absolute Gasteiger partial charge is 0.256 e. The molecular weight excluding hydrogens is 337 g/mol. The number of carbonyl (C=O) groups excluding carboxylic acids is 2. The maximum atomic E-state index is 15.0. The molecule has 0 spiro atoms. The maximum absolute atomic E-state index is 15.0. The van der Waals surface area contributed by atoms with Crippen molar-refractivity contribution < 1.29 is 14.0 Å². The zero-order valence-corrected chi connectivity index (χ0v) is 15.3. The Labute approximate surface area is 150 Å². The third-order valence-electron chi connectivity index (χ3n) is 4.49. The number of anilines is 2. The van der Waals surface area contributed by atoms with Crippen LogP contribution in [0.1, 0.15) is 23.0 Å². The van der Waals surface area contributed by atoms with Gasteiger partial charge >= 0.3 is 0 Å². The molecule has 0 unspecified atom stereocenters. The molecule has 1 atom stereocenters. The van der Waals surface area contributed by atoms with Crippen LogP contribution in [-0.4, -0.2) is 53.9 Å². The normalized spacial score (nSPS) is 16.2. The number of carbonyl (C=O) groups is 2. The van der Waals surface area contributed by atoms with Crippen LogP contribution in [-0.2, 0) is 4.79 Å². The fraction of sp³-hybridized carbons (Fsp3) is 0.333. The lowest BCUT2D eigenvalue weighted by molar-refractivity contribution is -0.117. The van der Waals surface area contributed by atoms with Crippen LogP contribution in [0.25, 0.3) is 11.4 Å². The van der Waals surface area contributed by atoms with Gasteiger partial charge in [-0.05, 0) is 26.0 Å². The minimum absolute atomic E-state index is 0.0403. The largest absolute Gasteiger partial charge is 0.346 e. The summed E-state index contributed by atoms with van der Waals surface area (Å²) in [6.45, 7) is 3.48. The van der Waals surface area contributed by atoms with Gasteiger partial charge in [-0.1, -0.05) is 6.07 Å². The van der Waals surface area contributed by atoms with Crippen LogP contribution in [0, 0.1) is 12.7 Å². The van der Waals surface area contributed by atoms with Gasteiger partial charge in [0.05, 0.1) is 16.8 Å². The Kier molecular flexibility index (Phi) is 4.35. The first-order valence-corrected chi connectivity index (χ1v) is 8.15. The molecule has 136 valence electrons. The number of amides is 2. The topological polar surface area (TPSA) is 78.4 Å². The fourth-order valence-electron chi connectivity index (χ4n) is 2.78. The Morgan fingerprint density at radius 2 is 2.00 bits per heavy atom. The van der Waals surface area contributed by atoms with E-state index in [1.54, 1.807) is 46.0 Å². The van der Waals surface area contributed by atoms with E-state index in [9.17, 15) is 14.0 Å². The van der Waals surface area contributed by atoms with Crippen molar-refractivity contribution >= 4 is 23.3 Å². The Hall–Kier alpha value is -3.03. The van der Waals surface area contributed by atoms with Crippen molar-refractivity contribution in [3.63, 3.8) is 0 Å². The molecule has 1 aromatic carbocycles. The van der Waals surface area contributed by atoms with Gasteiger partial charge in [0.2, 0.25) is 5.91 Å². The first-order chi connectivity index (χ1) is 12.2. The van der Waals surface area contributed by atoms with Crippen molar-refractivity contribution in [1.82, 2.24) is 14.9 Å². The van der Waals surface area contributed by atoms with Crippen molar-refractivity contribution in [1.29, 1.82) is 0 Å². The summed E-state index contributed by atoms with van der Waals surface area (Å²) in [6.07, 6.45) is 0. The van der Waals surface area contributed by atoms with Crippen LogP contribution in [0.5, 0.6) is 0 Å². The number of likely N-dealkylation sites (N-methyl/N-ethyl adjacent to an activating group) is 1. The highest BCUT2D eigenvalue weighted by atomic mass is 19.1. The Morgan fingerprint density at radius 3 is 2.65 bits per heavy atom. The van der Waals surface area contributed by atoms with Crippen molar-refractivity contribution in [2.75, 3.05) is 31.4 Å². The van der Waals surface area contributed by atoms with Crippen LogP contribution >= 0.6 is 0 Å². The van der Waals surface area contributed by atoms with E-state index in [2.05, 4.69) is 15.3 Å². The SMILES string of the molecule is Cc1nc(-c2cccc(C(=O)N(C)C)c2F)nc2c1NC(=O)[C@@H](C)N2C. The zero-order chi connectivity index (χ0) is 19.2. The number of benzene rings is 1. The van der Waals surface area contributed by atoms with Crippen LogP contribution in [0.4, 0.5) is 15.9 Å². The number of hydrogen-bond donors (Lipinski definition) is 1. The lowest BCUT2D eigenvalue weighted by Gasteiger charge is -2.32. The van der Waals surface area contributed by atoms with Gasteiger partial charge in [0.25, 0.3) is 5.91 Å². The predicted molar refractivity (Wildman–Crippen MR) is 96.7 cm³/mol. The van der Waals surface area contributed by atoms with Crippen LogP contribution in [0.2, 0.25) is 0 Å². The molecule has 1 N–H and O–H groups in total. The molecule has 0 saturated heterocycles. The highest BCUT2D eigenvalue weighted by Crippen LogP contribution is 2.34. The van der Waals surface area contributed by atoms with Crippen molar-refractivity contribution in [2.24, 2.45) is 0 Å². The van der Waals surface area contributed by atoms with E-state index in [1.165, 1.54) is 17.0 Å². The summed E-state index contributed by atoms with van der Waals surface area (Å²) in [5.74, 6) is -0.562. The minimum atomic E-state index is -0.666. The molecule has 3 rings (SSSR count). The van der Waals surface area contributed by atoms with Gasteiger partial charge in [0, 0.05) is 21.1 Å². The second kappa shape index (κ2) is 6.36. The molecule has 1 aliphatic rings. The fourth-order valence-corrected chi connectivity index (χ4v) is 2.78. The third-order valence-corrected chi connectivity index (χ3v) is 4.49. The number of halogens is 1. The van der Waals surface area contributed by atoms with Gasteiger partial charge in [0.1, 0.15) is 17.5 Å². The van der Waals surface area contributed by atoms with Gasteiger partial charge in [-0.15, -0.1) is 0 Å². The Bertz CT molecular complexity index is 913. The first kappa shape index (κ1) is 17.8. The number of nitrogens with zero attached hydrogens (tertiary/aromatic N) is 4. The van der Waals surface area contributed by atoms with Gasteiger partial charge in [-0.25, -0.2) is 14.4 Å². The molecule has 26 heavy (non-hydrogen) atoms. The quantitative estimate of drug-likeness (QED) is 0.890. The zero-order valence-electron chi connectivity index (χ0n) is 15.3. The molecular formula is C18H20FN5O2. The molecule has 0 fully saturated rings. The maximum Gasteiger partial charge on any atom is 0.256 e. The lowest BCUT2D eigenvalue weighted by atomic mass is 10.1. The lowest BCUT2D eigenvalue weighted by Crippen LogP contribution is -2.44. The van der Waals surface area contributed by atoms with E-state index >= 15 is 0 Å². The molecule has 0 aliphatic carbocycles. The number of hydrogen-bond acceptors (Lipinski definition) is 5. The molecule has 8 heteroatoms. The van der Waals surface area contributed by atoms with E-state index in [1.807, 2.05) is 0 Å². The number of aryl methyl sites for hydroxylation is 1. The number of aromatic nitrogens is 2. The average Bonchev–Trinajstić information content (AvgIpc) is 2.60. The van der Waals surface area contributed by atoms with Gasteiger partial charge in [-0.2, -0.15) is 0 Å². The molecule has 2 amide bonds. The Balaban J connectivity index is 2.15. The van der Waals surface area contributed by atoms with Crippen molar-refractivity contribution in [2.45, 2.75) is 19.9 Å². The summed E-state index contributed by atoms with van der Waals surface area (Å²) in [7, 11) is 4.88. The van der Waals surface area contributed by atoms with Crippen molar-refractivity contribution in [3.05, 3.63) is 35.3 Å². The minimum Gasteiger partial charge on any atom is -0.346 e. The molecule has 0 bridgehead atoms. The van der Waals surface area contributed by atoms with E-state index in [-0.39, 0.29) is 22.9 Å².